The van der Waals surface area contributed by atoms with Gasteiger partial charge in [0.2, 0.25) is 0 Å². The van der Waals surface area contributed by atoms with E-state index in [1.54, 1.807) is 19.9 Å². The molecule has 1 heteroatoms. The van der Waals surface area contributed by atoms with Crippen LogP contribution in [0.1, 0.15) is 18.1 Å². The fourth-order valence-corrected chi connectivity index (χ4v) is 0.815. The van der Waals surface area contributed by atoms with Crippen LogP contribution in [0.2, 0.25) is 0 Å². The van der Waals surface area contributed by atoms with Crippen molar-refractivity contribution in [3.63, 3.8) is 0 Å². The summed E-state index contributed by atoms with van der Waals surface area (Å²) in [5.74, 6) is 5.31. The number of hydrogen-bond donors (Lipinski definition) is 0. The molecular formula is C10H9F. The molecule has 0 atom stereocenters. The van der Waals surface area contributed by atoms with E-state index in [1.807, 2.05) is 6.07 Å². The van der Waals surface area contributed by atoms with Gasteiger partial charge in [-0.05, 0) is 31.5 Å². The topological polar surface area (TPSA) is 0 Å². The van der Waals surface area contributed by atoms with Crippen LogP contribution in [0.5, 0.6) is 0 Å². The molecule has 0 bridgehead atoms. The van der Waals surface area contributed by atoms with Crippen LogP contribution in [0.15, 0.2) is 18.2 Å². The average Bonchev–Trinajstić information content (AvgIpc) is 1.98. The van der Waals surface area contributed by atoms with E-state index in [4.69, 9.17) is 0 Å². The fourth-order valence-electron chi connectivity index (χ4n) is 0.815. The van der Waals surface area contributed by atoms with Gasteiger partial charge in [0.05, 0.1) is 0 Å². The van der Waals surface area contributed by atoms with Crippen molar-refractivity contribution in [3.8, 4) is 11.8 Å². The smallest absolute Gasteiger partial charge is 0.127 e. The van der Waals surface area contributed by atoms with Crippen molar-refractivity contribution in [1.29, 1.82) is 0 Å². The lowest BCUT2D eigenvalue weighted by Gasteiger charge is -1.94. The molecule has 0 aromatic heterocycles. The lowest BCUT2D eigenvalue weighted by molar-refractivity contribution is 0.618. The molecule has 0 amide bonds. The van der Waals surface area contributed by atoms with E-state index in [1.165, 1.54) is 6.07 Å². The zero-order chi connectivity index (χ0) is 8.27. The molecule has 0 saturated carbocycles. The third-order valence-electron chi connectivity index (χ3n) is 1.44. The van der Waals surface area contributed by atoms with Crippen LogP contribution in [-0.4, -0.2) is 0 Å². The maximum atomic E-state index is 12.8. The van der Waals surface area contributed by atoms with Gasteiger partial charge in [-0.1, -0.05) is 12.0 Å². The van der Waals surface area contributed by atoms with E-state index < -0.39 is 0 Å². The first-order valence-corrected chi connectivity index (χ1v) is 3.43. The summed E-state index contributed by atoms with van der Waals surface area (Å²) in [4.78, 5) is 0. The van der Waals surface area contributed by atoms with Crippen molar-refractivity contribution in [3.05, 3.63) is 35.1 Å². The van der Waals surface area contributed by atoms with Gasteiger partial charge in [-0.3, -0.25) is 0 Å². The first-order chi connectivity index (χ1) is 5.24. The van der Waals surface area contributed by atoms with Gasteiger partial charge in [0, 0.05) is 5.56 Å². The van der Waals surface area contributed by atoms with E-state index in [-0.39, 0.29) is 5.82 Å². The zero-order valence-corrected chi connectivity index (χ0v) is 6.61. The number of benzene rings is 1. The Labute approximate surface area is 66.1 Å². The number of rotatable bonds is 0. The van der Waals surface area contributed by atoms with Gasteiger partial charge < -0.3 is 0 Å². The lowest BCUT2D eigenvalue weighted by atomic mass is 10.1. The van der Waals surface area contributed by atoms with Crippen molar-refractivity contribution >= 4 is 0 Å². The van der Waals surface area contributed by atoms with Gasteiger partial charge in [0.1, 0.15) is 5.82 Å². The Balaban J connectivity index is 3.12. The number of aryl methyl sites for hydroxylation is 1. The Kier molecular flexibility index (Phi) is 2.28. The minimum atomic E-state index is -0.190. The lowest BCUT2D eigenvalue weighted by Crippen LogP contribution is -1.82. The van der Waals surface area contributed by atoms with Crippen molar-refractivity contribution in [1.82, 2.24) is 0 Å². The molecule has 1 rings (SSSR count). The summed E-state index contributed by atoms with van der Waals surface area (Å²) in [6, 6.07) is 5.00. The summed E-state index contributed by atoms with van der Waals surface area (Å²) in [5, 5.41) is 0. The highest BCUT2D eigenvalue weighted by Crippen LogP contribution is 2.07. The molecule has 0 nitrogen and oxygen atoms in total. The molecule has 0 heterocycles. The van der Waals surface area contributed by atoms with Gasteiger partial charge in [-0.2, -0.15) is 0 Å². The quantitative estimate of drug-likeness (QED) is 0.496. The SMILES string of the molecule is CC#Cc1ccc(C)c(F)c1. The highest BCUT2D eigenvalue weighted by molar-refractivity contribution is 5.36. The second-order valence-corrected chi connectivity index (χ2v) is 2.34. The third-order valence-corrected chi connectivity index (χ3v) is 1.44. The third kappa shape index (κ3) is 1.81. The summed E-state index contributed by atoms with van der Waals surface area (Å²) in [6.07, 6.45) is 0. The maximum Gasteiger partial charge on any atom is 0.127 e. The van der Waals surface area contributed by atoms with Crippen molar-refractivity contribution < 1.29 is 4.39 Å². The highest BCUT2D eigenvalue weighted by atomic mass is 19.1. The Morgan fingerprint density at radius 3 is 2.64 bits per heavy atom. The second-order valence-electron chi connectivity index (χ2n) is 2.34. The second kappa shape index (κ2) is 3.21. The molecule has 0 aliphatic carbocycles. The molecule has 0 spiro atoms. The monoisotopic (exact) mass is 148 g/mol. The Morgan fingerprint density at radius 2 is 2.09 bits per heavy atom. The van der Waals surface area contributed by atoms with Crippen molar-refractivity contribution in [2.75, 3.05) is 0 Å². The highest BCUT2D eigenvalue weighted by Gasteiger charge is 1.95. The summed E-state index contributed by atoms with van der Waals surface area (Å²) in [7, 11) is 0. The van der Waals surface area contributed by atoms with E-state index in [0.717, 1.165) is 5.56 Å². The van der Waals surface area contributed by atoms with Gasteiger partial charge >= 0.3 is 0 Å². The Hall–Kier alpha value is -1.29. The molecule has 11 heavy (non-hydrogen) atoms. The summed E-state index contributed by atoms with van der Waals surface area (Å²) >= 11 is 0. The van der Waals surface area contributed by atoms with Gasteiger partial charge in [0.25, 0.3) is 0 Å². The van der Waals surface area contributed by atoms with Crippen molar-refractivity contribution in [2.24, 2.45) is 0 Å². The van der Waals surface area contributed by atoms with E-state index in [9.17, 15) is 4.39 Å². The summed E-state index contributed by atoms with van der Waals surface area (Å²) in [6.45, 7) is 3.47. The minimum absolute atomic E-state index is 0.190. The van der Waals surface area contributed by atoms with Crippen molar-refractivity contribution in [2.45, 2.75) is 13.8 Å². The molecule has 0 fully saturated rings. The van der Waals surface area contributed by atoms with Gasteiger partial charge in [-0.15, -0.1) is 5.92 Å². The molecule has 0 N–H and O–H groups in total. The predicted molar refractivity (Wildman–Crippen MR) is 43.7 cm³/mol. The zero-order valence-electron chi connectivity index (χ0n) is 6.61. The molecule has 1 aromatic rings. The molecule has 0 unspecified atom stereocenters. The molecule has 0 aliphatic heterocycles. The van der Waals surface area contributed by atoms with Gasteiger partial charge in [-0.25, -0.2) is 4.39 Å². The van der Waals surface area contributed by atoms with Crippen LogP contribution in [0.25, 0.3) is 0 Å². The normalized spacial score (nSPS) is 8.64. The molecule has 1 aromatic carbocycles. The molecular weight excluding hydrogens is 139 g/mol. The first-order valence-electron chi connectivity index (χ1n) is 3.43. The molecule has 0 saturated heterocycles. The molecule has 56 valence electrons. The van der Waals surface area contributed by atoms with E-state index in [0.29, 0.717) is 5.56 Å². The van der Waals surface area contributed by atoms with E-state index in [2.05, 4.69) is 11.8 Å². The van der Waals surface area contributed by atoms with Gasteiger partial charge in [0.15, 0.2) is 0 Å². The average molecular weight is 148 g/mol. The van der Waals surface area contributed by atoms with Crippen LogP contribution >= 0.6 is 0 Å². The van der Waals surface area contributed by atoms with Crippen LogP contribution in [0.4, 0.5) is 4.39 Å². The Bertz CT molecular complexity index is 315. The standard InChI is InChI=1S/C10H9F/c1-3-4-9-6-5-8(2)10(11)7-9/h5-7H,1-2H3. The molecule has 0 radical (unpaired) electrons. The maximum absolute atomic E-state index is 12.8. The number of halogens is 1. The van der Waals surface area contributed by atoms with Crippen LogP contribution in [-0.2, 0) is 0 Å². The van der Waals surface area contributed by atoms with Crippen LogP contribution in [0, 0.1) is 24.6 Å². The first kappa shape index (κ1) is 7.81. The van der Waals surface area contributed by atoms with E-state index >= 15 is 0 Å². The Morgan fingerprint density at radius 1 is 1.36 bits per heavy atom. The van der Waals surface area contributed by atoms with Crippen LogP contribution < -0.4 is 0 Å². The van der Waals surface area contributed by atoms with Crippen LogP contribution in [0.3, 0.4) is 0 Å². The molecule has 0 aliphatic rings. The minimum Gasteiger partial charge on any atom is -0.207 e. The fraction of sp³-hybridized carbons (Fsp3) is 0.200. The predicted octanol–water partition coefficient (Wildman–Crippen LogP) is 2.51. The largest absolute Gasteiger partial charge is 0.207 e. The summed E-state index contributed by atoms with van der Waals surface area (Å²) < 4.78 is 12.8. The summed E-state index contributed by atoms with van der Waals surface area (Å²) in [5.41, 5.74) is 1.39. The number of hydrogen-bond acceptors (Lipinski definition) is 0.